The first-order valence-corrected chi connectivity index (χ1v) is 6.62. The van der Waals surface area contributed by atoms with Crippen molar-refractivity contribution in [3.8, 4) is 0 Å². The van der Waals surface area contributed by atoms with Gasteiger partial charge in [-0.1, -0.05) is 41.1 Å². The zero-order valence-electron chi connectivity index (χ0n) is 9.50. The zero-order chi connectivity index (χ0) is 13.2. The average Bonchev–Trinajstić information content (AvgIpc) is 2.90. The highest BCUT2D eigenvalue weighted by Crippen LogP contribution is 2.22. The van der Waals surface area contributed by atoms with Gasteiger partial charge < -0.3 is 0 Å². The number of nitrogens with zero attached hydrogens (tertiary/aromatic N) is 3. The van der Waals surface area contributed by atoms with Crippen LogP contribution in [-0.2, 0) is 0 Å². The summed E-state index contributed by atoms with van der Waals surface area (Å²) >= 11 is 7.19. The van der Waals surface area contributed by atoms with Gasteiger partial charge in [0.15, 0.2) is 0 Å². The summed E-state index contributed by atoms with van der Waals surface area (Å²) in [7, 11) is 0. The van der Waals surface area contributed by atoms with E-state index in [0.717, 1.165) is 5.39 Å². The third kappa shape index (κ3) is 2.40. The quantitative estimate of drug-likeness (QED) is 0.737. The topological polar surface area (TPSA) is 67.8 Å². The minimum atomic E-state index is -0.280. The van der Waals surface area contributed by atoms with Gasteiger partial charge in [-0.05, 0) is 12.1 Å². The van der Waals surface area contributed by atoms with Gasteiger partial charge in [-0.2, -0.15) is 0 Å². The van der Waals surface area contributed by atoms with Crippen molar-refractivity contribution < 1.29 is 4.79 Å². The first-order chi connectivity index (χ1) is 9.24. The fourth-order valence-electron chi connectivity index (χ4n) is 1.72. The number of aromatic nitrogens is 3. The molecule has 0 spiro atoms. The molecule has 0 unspecified atom stereocenters. The van der Waals surface area contributed by atoms with Crippen LogP contribution in [0.5, 0.6) is 0 Å². The Labute approximate surface area is 117 Å². The fourth-order valence-corrected chi connectivity index (χ4v) is 2.36. The Morgan fingerprint density at radius 2 is 2.16 bits per heavy atom. The molecule has 3 aromatic rings. The molecular formula is C12H7ClN4OS. The number of fused-ring (bicyclic) bond motifs is 1. The van der Waals surface area contributed by atoms with E-state index < -0.39 is 0 Å². The Kier molecular flexibility index (Phi) is 3.10. The number of benzene rings is 1. The van der Waals surface area contributed by atoms with Crippen molar-refractivity contribution in [3.05, 3.63) is 46.6 Å². The number of halogens is 1. The van der Waals surface area contributed by atoms with Gasteiger partial charge in [0.05, 0.1) is 11.1 Å². The van der Waals surface area contributed by atoms with Gasteiger partial charge in [0, 0.05) is 5.39 Å². The lowest BCUT2D eigenvalue weighted by Crippen LogP contribution is -2.12. The van der Waals surface area contributed by atoms with Crippen LogP contribution in [0, 0.1) is 0 Å². The van der Waals surface area contributed by atoms with E-state index in [1.54, 1.807) is 11.6 Å². The molecule has 2 heterocycles. The molecule has 1 amide bonds. The highest BCUT2D eigenvalue weighted by Gasteiger charge is 2.13. The maximum Gasteiger partial charge on any atom is 0.258 e. The lowest BCUT2D eigenvalue weighted by molar-refractivity contribution is 0.102. The van der Waals surface area contributed by atoms with Crippen LogP contribution in [0.25, 0.3) is 10.9 Å². The summed E-state index contributed by atoms with van der Waals surface area (Å²) in [6.45, 7) is 0. The second-order valence-electron chi connectivity index (χ2n) is 3.71. The molecule has 3 rings (SSSR count). The Hall–Kier alpha value is -2.05. The molecule has 0 aliphatic heterocycles. The van der Waals surface area contributed by atoms with Crippen LogP contribution in [0.2, 0.25) is 5.15 Å². The SMILES string of the molecule is O=C(Nc1nncs1)c1cc(Cl)nc2ccccc12. The van der Waals surface area contributed by atoms with E-state index in [0.29, 0.717) is 16.2 Å². The van der Waals surface area contributed by atoms with Crippen molar-refractivity contribution in [2.45, 2.75) is 0 Å². The Balaban J connectivity index is 2.06. The Bertz CT molecular complexity index is 745. The zero-order valence-corrected chi connectivity index (χ0v) is 11.1. The maximum absolute atomic E-state index is 12.2. The molecule has 0 radical (unpaired) electrons. The molecule has 0 aliphatic rings. The average molecular weight is 291 g/mol. The Morgan fingerprint density at radius 1 is 1.32 bits per heavy atom. The number of para-hydroxylation sites is 1. The van der Waals surface area contributed by atoms with E-state index in [1.165, 1.54) is 11.3 Å². The van der Waals surface area contributed by atoms with Crippen LogP contribution < -0.4 is 5.32 Å². The van der Waals surface area contributed by atoms with Crippen LogP contribution in [0.4, 0.5) is 5.13 Å². The summed E-state index contributed by atoms with van der Waals surface area (Å²) in [5.41, 5.74) is 2.69. The molecule has 5 nitrogen and oxygen atoms in total. The smallest absolute Gasteiger partial charge is 0.258 e. The summed E-state index contributed by atoms with van der Waals surface area (Å²) in [6, 6.07) is 8.87. The van der Waals surface area contributed by atoms with Gasteiger partial charge >= 0.3 is 0 Å². The number of rotatable bonds is 2. The number of hydrogen-bond donors (Lipinski definition) is 1. The minimum absolute atomic E-state index is 0.279. The van der Waals surface area contributed by atoms with Gasteiger partial charge in [-0.25, -0.2) is 4.98 Å². The number of amides is 1. The monoisotopic (exact) mass is 290 g/mol. The third-order valence-electron chi connectivity index (χ3n) is 2.51. The van der Waals surface area contributed by atoms with Gasteiger partial charge in [0.2, 0.25) is 5.13 Å². The molecule has 0 aliphatic carbocycles. The number of anilines is 1. The maximum atomic E-state index is 12.2. The van der Waals surface area contributed by atoms with E-state index in [-0.39, 0.29) is 11.1 Å². The van der Waals surface area contributed by atoms with Crippen molar-refractivity contribution in [1.82, 2.24) is 15.2 Å². The van der Waals surface area contributed by atoms with Gasteiger partial charge in [0.1, 0.15) is 10.7 Å². The minimum Gasteiger partial charge on any atom is -0.296 e. The summed E-state index contributed by atoms with van der Waals surface area (Å²) in [5, 5.41) is 11.6. The van der Waals surface area contributed by atoms with Gasteiger partial charge in [-0.3, -0.25) is 10.1 Å². The van der Waals surface area contributed by atoms with E-state index in [1.807, 2.05) is 24.3 Å². The summed E-state index contributed by atoms with van der Waals surface area (Å²) < 4.78 is 0. The highest BCUT2D eigenvalue weighted by molar-refractivity contribution is 7.13. The number of carbonyl (C=O) groups is 1. The predicted octanol–water partition coefficient (Wildman–Crippen LogP) is 2.99. The van der Waals surface area contributed by atoms with Gasteiger partial charge in [-0.15, -0.1) is 10.2 Å². The van der Waals surface area contributed by atoms with Crippen molar-refractivity contribution in [2.24, 2.45) is 0 Å². The summed E-state index contributed by atoms with van der Waals surface area (Å²) in [6.07, 6.45) is 0. The molecule has 0 bridgehead atoms. The predicted molar refractivity (Wildman–Crippen MR) is 74.6 cm³/mol. The highest BCUT2D eigenvalue weighted by atomic mass is 35.5. The Morgan fingerprint density at radius 3 is 2.95 bits per heavy atom. The van der Waals surface area contributed by atoms with Gasteiger partial charge in [0.25, 0.3) is 5.91 Å². The molecule has 2 aromatic heterocycles. The summed E-state index contributed by atoms with van der Waals surface area (Å²) in [4.78, 5) is 16.4. The van der Waals surface area contributed by atoms with E-state index in [9.17, 15) is 4.79 Å². The number of hydrogen-bond acceptors (Lipinski definition) is 5. The number of nitrogens with one attached hydrogen (secondary N) is 1. The normalized spacial score (nSPS) is 10.6. The van der Waals surface area contributed by atoms with Crippen molar-refractivity contribution in [2.75, 3.05) is 5.32 Å². The first-order valence-electron chi connectivity index (χ1n) is 5.37. The standard InChI is InChI=1S/C12H7ClN4OS/c13-10-5-8(7-3-1-2-4-9(7)15-10)11(18)16-12-17-14-6-19-12/h1-6H,(H,16,17,18). The molecular weight excluding hydrogens is 284 g/mol. The molecule has 7 heteroatoms. The van der Waals surface area contributed by atoms with Crippen molar-refractivity contribution in [3.63, 3.8) is 0 Å². The van der Waals surface area contributed by atoms with Crippen LogP contribution in [0.1, 0.15) is 10.4 Å². The van der Waals surface area contributed by atoms with Crippen LogP contribution in [0.15, 0.2) is 35.8 Å². The molecule has 1 aromatic carbocycles. The van der Waals surface area contributed by atoms with E-state index in [2.05, 4.69) is 20.5 Å². The van der Waals surface area contributed by atoms with E-state index >= 15 is 0 Å². The van der Waals surface area contributed by atoms with E-state index in [4.69, 9.17) is 11.6 Å². The molecule has 1 N–H and O–H groups in total. The molecule has 94 valence electrons. The van der Waals surface area contributed by atoms with Crippen molar-refractivity contribution in [1.29, 1.82) is 0 Å². The first kappa shape index (κ1) is 12.0. The number of pyridine rings is 1. The fraction of sp³-hybridized carbons (Fsp3) is 0. The lowest BCUT2D eigenvalue weighted by Gasteiger charge is -2.06. The molecule has 0 fully saturated rings. The molecule has 19 heavy (non-hydrogen) atoms. The van der Waals surface area contributed by atoms with Crippen LogP contribution in [0.3, 0.4) is 0 Å². The third-order valence-corrected chi connectivity index (χ3v) is 3.31. The molecule has 0 saturated carbocycles. The molecule has 0 atom stereocenters. The summed E-state index contributed by atoms with van der Waals surface area (Å²) in [5.74, 6) is -0.280. The molecule has 0 saturated heterocycles. The van der Waals surface area contributed by atoms with Crippen LogP contribution in [-0.4, -0.2) is 21.1 Å². The second kappa shape index (κ2) is 4.91. The lowest BCUT2D eigenvalue weighted by atomic mass is 10.1. The largest absolute Gasteiger partial charge is 0.296 e. The van der Waals surface area contributed by atoms with Crippen molar-refractivity contribution >= 4 is 44.9 Å². The second-order valence-corrected chi connectivity index (χ2v) is 4.93. The number of carbonyl (C=O) groups excluding carboxylic acids is 1. The van der Waals surface area contributed by atoms with Crippen LogP contribution >= 0.6 is 22.9 Å².